The van der Waals surface area contributed by atoms with E-state index in [0.717, 1.165) is 30.4 Å². The Morgan fingerprint density at radius 1 is 1.00 bits per heavy atom. The maximum atomic E-state index is 12.5. The van der Waals surface area contributed by atoms with Crippen LogP contribution in [0.15, 0.2) is 36.5 Å². The number of carbonyl (C=O) groups excluding carboxylic acids is 2. The molecule has 3 rings (SSSR count). The lowest BCUT2D eigenvalue weighted by molar-refractivity contribution is -0.133. The quantitative estimate of drug-likeness (QED) is 0.847. The van der Waals surface area contributed by atoms with Crippen LogP contribution in [0.2, 0.25) is 0 Å². The Bertz CT molecular complexity index is 692. The largest absolute Gasteiger partial charge is 0.341 e. The molecule has 0 spiro atoms. The van der Waals surface area contributed by atoms with Crippen LogP contribution in [0.1, 0.15) is 13.3 Å². The van der Waals surface area contributed by atoms with Gasteiger partial charge in [0, 0.05) is 44.8 Å². The van der Waals surface area contributed by atoms with E-state index in [4.69, 9.17) is 0 Å². The molecule has 0 radical (unpaired) electrons. The highest BCUT2D eigenvalue weighted by Crippen LogP contribution is 2.15. The SMILES string of the molecule is CC(=O)N1CCCN(C(=O)Cn2ccc3ccccc32)CC1. The van der Waals surface area contributed by atoms with Gasteiger partial charge in [0.25, 0.3) is 0 Å². The van der Waals surface area contributed by atoms with Gasteiger partial charge in [0.2, 0.25) is 11.8 Å². The van der Waals surface area contributed by atoms with E-state index < -0.39 is 0 Å². The van der Waals surface area contributed by atoms with E-state index >= 15 is 0 Å². The molecule has 5 heteroatoms. The normalized spacial score (nSPS) is 15.9. The third-order valence-electron chi connectivity index (χ3n) is 4.28. The van der Waals surface area contributed by atoms with Crippen molar-refractivity contribution in [1.29, 1.82) is 0 Å². The first kappa shape index (κ1) is 14.6. The Morgan fingerprint density at radius 3 is 2.55 bits per heavy atom. The van der Waals surface area contributed by atoms with Gasteiger partial charge >= 0.3 is 0 Å². The van der Waals surface area contributed by atoms with E-state index in [0.29, 0.717) is 19.6 Å². The van der Waals surface area contributed by atoms with Gasteiger partial charge in [-0.15, -0.1) is 0 Å². The number of fused-ring (bicyclic) bond motifs is 1. The van der Waals surface area contributed by atoms with Gasteiger partial charge in [0.1, 0.15) is 6.54 Å². The first-order valence-electron chi connectivity index (χ1n) is 7.72. The maximum Gasteiger partial charge on any atom is 0.242 e. The van der Waals surface area contributed by atoms with Crippen molar-refractivity contribution in [2.75, 3.05) is 26.2 Å². The number of aromatic nitrogens is 1. The van der Waals surface area contributed by atoms with Crippen molar-refractivity contribution in [3.05, 3.63) is 36.5 Å². The summed E-state index contributed by atoms with van der Waals surface area (Å²) in [6.07, 6.45) is 2.81. The smallest absolute Gasteiger partial charge is 0.242 e. The second-order valence-corrected chi connectivity index (χ2v) is 5.74. The molecule has 116 valence electrons. The van der Waals surface area contributed by atoms with Crippen molar-refractivity contribution in [2.45, 2.75) is 19.9 Å². The number of hydrogen-bond donors (Lipinski definition) is 0. The first-order valence-corrected chi connectivity index (χ1v) is 7.72. The number of carbonyl (C=O) groups is 2. The summed E-state index contributed by atoms with van der Waals surface area (Å²) in [5.41, 5.74) is 1.08. The summed E-state index contributed by atoms with van der Waals surface area (Å²) in [7, 11) is 0. The zero-order valence-electron chi connectivity index (χ0n) is 12.9. The van der Waals surface area contributed by atoms with Gasteiger partial charge in [-0.3, -0.25) is 9.59 Å². The molecular formula is C17H21N3O2. The topological polar surface area (TPSA) is 45.6 Å². The molecule has 1 fully saturated rings. The van der Waals surface area contributed by atoms with E-state index in [1.165, 1.54) is 0 Å². The molecule has 5 nitrogen and oxygen atoms in total. The molecule has 0 unspecified atom stereocenters. The molecule has 0 N–H and O–H groups in total. The molecule has 1 aliphatic rings. The highest BCUT2D eigenvalue weighted by atomic mass is 16.2. The van der Waals surface area contributed by atoms with Crippen LogP contribution in [0.25, 0.3) is 10.9 Å². The summed E-state index contributed by atoms with van der Waals surface area (Å²) >= 11 is 0. The molecule has 2 amide bonds. The van der Waals surface area contributed by atoms with Crippen molar-refractivity contribution in [2.24, 2.45) is 0 Å². The number of nitrogens with zero attached hydrogens (tertiary/aromatic N) is 3. The summed E-state index contributed by atoms with van der Waals surface area (Å²) in [6, 6.07) is 10.1. The third-order valence-corrected chi connectivity index (χ3v) is 4.28. The van der Waals surface area contributed by atoms with Crippen molar-refractivity contribution in [3.8, 4) is 0 Å². The standard InChI is InChI=1S/C17H21N3O2/c1-14(21)18-8-4-9-19(12-11-18)17(22)13-20-10-7-15-5-2-3-6-16(15)20/h2-3,5-7,10H,4,8-9,11-13H2,1H3. The van der Waals surface area contributed by atoms with Gasteiger partial charge in [-0.05, 0) is 23.9 Å². The zero-order valence-corrected chi connectivity index (χ0v) is 12.9. The van der Waals surface area contributed by atoms with E-state index in [1.807, 2.05) is 50.9 Å². The molecule has 1 aliphatic heterocycles. The van der Waals surface area contributed by atoms with Crippen LogP contribution in [-0.4, -0.2) is 52.4 Å². The van der Waals surface area contributed by atoms with Gasteiger partial charge in [-0.1, -0.05) is 18.2 Å². The summed E-state index contributed by atoms with van der Waals surface area (Å²) < 4.78 is 1.99. The highest BCUT2D eigenvalue weighted by molar-refractivity contribution is 5.83. The Morgan fingerprint density at radius 2 is 1.73 bits per heavy atom. The van der Waals surface area contributed by atoms with Gasteiger partial charge in [0.05, 0.1) is 0 Å². The zero-order chi connectivity index (χ0) is 15.5. The molecule has 0 bridgehead atoms. The van der Waals surface area contributed by atoms with Gasteiger partial charge in [0.15, 0.2) is 0 Å². The van der Waals surface area contributed by atoms with Gasteiger partial charge in [-0.2, -0.15) is 0 Å². The van der Waals surface area contributed by atoms with Crippen molar-refractivity contribution < 1.29 is 9.59 Å². The number of hydrogen-bond acceptors (Lipinski definition) is 2. The molecule has 0 aliphatic carbocycles. The molecule has 2 aromatic rings. The third kappa shape index (κ3) is 2.98. The maximum absolute atomic E-state index is 12.5. The monoisotopic (exact) mass is 299 g/mol. The number of para-hydroxylation sites is 1. The van der Waals surface area contributed by atoms with Crippen LogP contribution < -0.4 is 0 Å². The average molecular weight is 299 g/mol. The molecule has 1 saturated heterocycles. The van der Waals surface area contributed by atoms with E-state index in [-0.39, 0.29) is 11.8 Å². The average Bonchev–Trinajstić information content (AvgIpc) is 2.75. The van der Waals surface area contributed by atoms with Crippen LogP contribution in [0.5, 0.6) is 0 Å². The summed E-state index contributed by atoms with van der Waals surface area (Å²) in [5, 5.41) is 1.15. The predicted molar refractivity (Wildman–Crippen MR) is 85.4 cm³/mol. The Hall–Kier alpha value is -2.30. The highest BCUT2D eigenvalue weighted by Gasteiger charge is 2.20. The summed E-state index contributed by atoms with van der Waals surface area (Å²) in [5.74, 6) is 0.206. The van der Waals surface area contributed by atoms with E-state index in [9.17, 15) is 9.59 Å². The molecule has 1 aromatic heterocycles. The number of benzene rings is 1. The second-order valence-electron chi connectivity index (χ2n) is 5.74. The first-order chi connectivity index (χ1) is 10.6. The molecular weight excluding hydrogens is 278 g/mol. The van der Waals surface area contributed by atoms with Crippen LogP contribution in [-0.2, 0) is 16.1 Å². The minimum Gasteiger partial charge on any atom is -0.341 e. The molecule has 1 aromatic carbocycles. The minimum atomic E-state index is 0.0886. The van der Waals surface area contributed by atoms with Gasteiger partial charge < -0.3 is 14.4 Å². The Labute approximate surface area is 130 Å². The lowest BCUT2D eigenvalue weighted by Gasteiger charge is -2.21. The fraction of sp³-hybridized carbons (Fsp3) is 0.412. The summed E-state index contributed by atoms with van der Waals surface area (Å²) in [4.78, 5) is 27.7. The molecule has 0 atom stereocenters. The predicted octanol–water partition coefficient (Wildman–Crippen LogP) is 1.72. The molecule has 2 heterocycles. The van der Waals surface area contributed by atoms with E-state index in [2.05, 4.69) is 0 Å². The van der Waals surface area contributed by atoms with Gasteiger partial charge in [-0.25, -0.2) is 0 Å². The van der Waals surface area contributed by atoms with Crippen LogP contribution in [0, 0.1) is 0 Å². The summed E-state index contributed by atoms with van der Waals surface area (Å²) in [6.45, 7) is 4.66. The van der Waals surface area contributed by atoms with Crippen molar-refractivity contribution in [1.82, 2.24) is 14.4 Å². The Kier molecular flexibility index (Phi) is 4.13. The number of amides is 2. The van der Waals surface area contributed by atoms with E-state index in [1.54, 1.807) is 6.92 Å². The second kappa shape index (κ2) is 6.22. The number of rotatable bonds is 2. The van der Waals surface area contributed by atoms with Crippen LogP contribution in [0.3, 0.4) is 0 Å². The van der Waals surface area contributed by atoms with Crippen molar-refractivity contribution in [3.63, 3.8) is 0 Å². The lowest BCUT2D eigenvalue weighted by atomic mass is 10.2. The fourth-order valence-electron chi connectivity index (χ4n) is 3.01. The molecule has 0 saturated carbocycles. The lowest BCUT2D eigenvalue weighted by Crippen LogP contribution is -2.38. The van der Waals surface area contributed by atoms with Crippen LogP contribution in [0.4, 0.5) is 0 Å². The van der Waals surface area contributed by atoms with Crippen LogP contribution >= 0.6 is 0 Å². The Balaban J connectivity index is 1.68. The fourth-order valence-corrected chi connectivity index (χ4v) is 3.01. The molecule has 22 heavy (non-hydrogen) atoms. The van der Waals surface area contributed by atoms with Crippen molar-refractivity contribution >= 4 is 22.7 Å². The minimum absolute atomic E-state index is 0.0886.